The number of carbonyl (C=O) groups is 1. The minimum absolute atomic E-state index is 0.222. The van der Waals surface area contributed by atoms with Crippen molar-refractivity contribution in [2.75, 3.05) is 26.2 Å². The zero-order valence-electron chi connectivity index (χ0n) is 10.6. The predicted molar refractivity (Wildman–Crippen MR) is 67.3 cm³/mol. The highest BCUT2D eigenvalue weighted by Crippen LogP contribution is 2.29. The van der Waals surface area contributed by atoms with Crippen LogP contribution in [0.2, 0.25) is 0 Å². The summed E-state index contributed by atoms with van der Waals surface area (Å²) in [6.45, 7) is 11.1. The van der Waals surface area contributed by atoms with E-state index in [9.17, 15) is 4.79 Å². The molecule has 1 aliphatic heterocycles. The maximum absolute atomic E-state index is 11.9. The number of hydrogen-bond donors (Lipinski definition) is 1. The highest BCUT2D eigenvalue weighted by atomic mass is 16.2. The Labute approximate surface area is 98.9 Å². The molecule has 0 aromatic heterocycles. The maximum Gasteiger partial charge on any atom is 0.236 e. The summed E-state index contributed by atoms with van der Waals surface area (Å²) in [5.41, 5.74) is 0.392. The summed E-state index contributed by atoms with van der Waals surface area (Å²) in [6, 6.07) is 0. The van der Waals surface area contributed by atoms with Crippen molar-refractivity contribution in [2.24, 2.45) is 5.41 Å². The molecule has 1 N–H and O–H groups in total. The fraction of sp³-hybridized carbons (Fsp3) is 0.769. The molecule has 0 aliphatic carbocycles. The lowest BCUT2D eigenvalue weighted by molar-refractivity contribution is -0.130. The van der Waals surface area contributed by atoms with Crippen molar-refractivity contribution >= 4 is 5.91 Å². The van der Waals surface area contributed by atoms with Gasteiger partial charge < -0.3 is 10.2 Å². The third kappa shape index (κ3) is 4.35. The summed E-state index contributed by atoms with van der Waals surface area (Å²) in [5, 5.41) is 3.06. The van der Waals surface area contributed by atoms with Crippen molar-refractivity contribution in [1.82, 2.24) is 10.2 Å². The molecular weight excluding hydrogens is 200 g/mol. The minimum Gasteiger partial charge on any atom is -0.342 e. The third-order valence-electron chi connectivity index (χ3n) is 3.26. The molecule has 1 heterocycles. The second kappa shape index (κ2) is 6.04. The zero-order valence-corrected chi connectivity index (χ0v) is 10.6. The molecule has 16 heavy (non-hydrogen) atoms. The van der Waals surface area contributed by atoms with Crippen molar-refractivity contribution in [3.63, 3.8) is 0 Å². The molecule has 92 valence electrons. The van der Waals surface area contributed by atoms with E-state index in [1.807, 2.05) is 4.90 Å². The molecule has 0 radical (unpaired) electrons. The second-order valence-corrected chi connectivity index (χ2v) is 5.32. The summed E-state index contributed by atoms with van der Waals surface area (Å²) in [7, 11) is 0. The highest BCUT2D eigenvalue weighted by molar-refractivity contribution is 5.78. The van der Waals surface area contributed by atoms with Crippen LogP contribution in [0.15, 0.2) is 12.7 Å². The van der Waals surface area contributed by atoms with Crippen LogP contribution < -0.4 is 5.32 Å². The van der Waals surface area contributed by atoms with E-state index >= 15 is 0 Å². The molecule has 1 aliphatic rings. The Balaban J connectivity index is 2.36. The molecule has 0 spiro atoms. The molecule has 0 atom stereocenters. The largest absolute Gasteiger partial charge is 0.342 e. The van der Waals surface area contributed by atoms with Crippen molar-refractivity contribution < 1.29 is 4.79 Å². The Morgan fingerprint density at radius 1 is 1.44 bits per heavy atom. The smallest absolute Gasteiger partial charge is 0.236 e. The average Bonchev–Trinajstić information content (AvgIpc) is 2.39. The van der Waals surface area contributed by atoms with Crippen LogP contribution in [-0.2, 0) is 4.79 Å². The number of carbonyl (C=O) groups excluding carboxylic acids is 1. The van der Waals surface area contributed by atoms with E-state index in [4.69, 9.17) is 0 Å². The van der Waals surface area contributed by atoms with Crippen LogP contribution in [-0.4, -0.2) is 37.0 Å². The number of nitrogens with zero attached hydrogens (tertiary/aromatic N) is 1. The van der Waals surface area contributed by atoms with Gasteiger partial charge in [0.1, 0.15) is 0 Å². The van der Waals surface area contributed by atoms with E-state index in [1.165, 1.54) is 6.42 Å². The quantitative estimate of drug-likeness (QED) is 0.583. The van der Waals surface area contributed by atoms with Crippen LogP contribution in [0, 0.1) is 5.41 Å². The molecule has 0 bridgehead atoms. The van der Waals surface area contributed by atoms with E-state index in [0.29, 0.717) is 18.5 Å². The molecular formula is C13H24N2O. The van der Waals surface area contributed by atoms with Gasteiger partial charge in [-0.1, -0.05) is 19.9 Å². The van der Waals surface area contributed by atoms with Gasteiger partial charge in [0.15, 0.2) is 0 Å². The monoisotopic (exact) mass is 224 g/mol. The Kier molecular flexibility index (Phi) is 5.00. The number of rotatable bonds is 4. The third-order valence-corrected chi connectivity index (χ3v) is 3.26. The normalized spacial score (nSPS) is 20.2. The first-order chi connectivity index (χ1) is 7.55. The Bertz CT molecular complexity index is 248. The van der Waals surface area contributed by atoms with Crippen molar-refractivity contribution in [3.05, 3.63) is 12.7 Å². The van der Waals surface area contributed by atoms with Gasteiger partial charge in [0, 0.05) is 19.6 Å². The predicted octanol–water partition coefficient (Wildman–Crippen LogP) is 1.80. The van der Waals surface area contributed by atoms with E-state index in [2.05, 4.69) is 25.7 Å². The molecule has 3 nitrogen and oxygen atoms in total. The fourth-order valence-corrected chi connectivity index (χ4v) is 2.07. The number of likely N-dealkylation sites (tertiary alicyclic amines) is 1. The van der Waals surface area contributed by atoms with Crippen molar-refractivity contribution in [1.29, 1.82) is 0 Å². The zero-order chi connectivity index (χ0) is 12.0. The van der Waals surface area contributed by atoms with Crippen molar-refractivity contribution in [2.45, 2.75) is 33.1 Å². The van der Waals surface area contributed by atoms with E-state index in [1.54, 1.807) is 6.08 Å². The summed E-state index contributed by atoms with van der Waals surface area (Å²) in [6.07, 6.45) is 5.23. The second-order valence-electron chi connectivity index (χ2n) is 5.32. The first-order valence-electron chi connectivity index (χ1n) is 6.14. The van der Waals surface area contributed by atoms with Crippen LogP contribution in [0.4, 0.5) is 0 Å². The molecule has 1 amide bonds. The number of amides is 1. The van der Waals surface area contributed by atoms with Gasteiger partial charge in [-0.2, -0.15) is 0 Å². The van der Waals surface area contributed by atoms with Gasteiger partial charge in [-0.3, -0.25) is 4.79 Å². The Hall–Kier alpha value is -0.830. The lowest BCUT2D eigenvalue weighted by Gasteiger charge is -2.23. The lowest BCUT2D eigenvalue weighted by Crippen LogP contribution is -2.39. The molecule has 0 aromatic carbocycles. The van der Waals surface area contributed by atoms with Gasteiger partial charge in [-0.15, -0.1) is 6.58 Å². The van der Waals surface area contributed by atoms with Gasteiger partial charge >= 0.3 is 0 Å². The van der Waals surface area contributed by atoms with Crippen molar-refractivity contribution in [3.8, 4) is 0 Å². The van der Waals surface area contributed by atoms with Crippen LogP contribution in [0.25, 0.3) is 0 Å². The van der Waals surface area contributed by atoms with E-state index < -0.39 is 0 Å². The molecule has 3 heteroatoms. The summed E-state index contributed by atoms with van der Waals surface area (Å²) >= 11 is 0. The number of hydrogen-bond acceptors (Lipinski definition) is 2. The fourth-order valence-electron chi connectivity index (χ4n) is 2.07. The Morgan fingerprint density at radius 2 is 2.19 bits per heavy atom. The Morgan fingerprint density at radius 3 is 2.88 bits per heavy atom. The van der Waals surface area contributed by atoms with Gasteiger partial charge in [-0.05, 0) is 24.7 Å². The van der Waals surface area contributed by atoms with Crippen LogP contribution in [0.3, 0.4) is 0 Å². The first kappa shape index (κ1) is 13.2. The molecule has 1 rings (SSSR count). The minimum atomic E-state index is 0.222. The number of nitrogens with one attached hydrogen (secondary N) is 1. The van der Waals surface area contributed by atoms with Crippen LogP contribution >= 0.6 is 0 Å². The van der Waals surface area contributed by atoms with E-state index in [0.717, 1.165) is 25.9 Å². The SMILES string of the molecule is C=CCNCC(=O)N1CCCC(C)(C)CC1. The molecule has 0 aromatic rings. The van der Waals surface area contributed by atoms with Gasteiger partial charge in [0.25, 0.3) is 0 Å². The van der Waals surface area contributed by atoms with Gasteiger partial charge in [0.2, 0.25) is 5.91 Å². The molecule has 0 saturated carbocycles. The summed E-state index contributed by atoms with van der Waals surface area (Å²) in [4.78, 5) is 13.9. The van der Waals surface area contributed by atoms with Gasteiger partial charge in [-0.25, -0.2) is 0 Å². The topological polar surface area (TPSA) is 32.3 Å². The molecule has 1 saturated heterocycles. The van der Waals surface area contributed by atoms with Crippen LogP contribution in [0.1, 0.15) is 33.1 Å². The summed E-state index contributed by atoms with van der Waals surface area (Å²) < 4.78 is 0. The summed E-state index contributed by atoms with van der Waals surface area (Å²) in [5.74, 6) is 0.222. The average molecular weight is 224 g/mol. The van der Waals surface area contributed by atoms with Gasteiger partial charge in [0.05, 0.1) is 6.54 Å². The standard InChI is InChI=1S/C13H24N2O/c1-4-8-14-11-12(16)15-9-5-6-13(2,3)7-10-15/h4,14H,1,5-11H2,2-3H3. The maximum atomic E-state index is 11.9. The molecule has 1 fully saturated rings. The van der Waals surface area contributed by atoms with Crippen LogP contribution in [0.5, 0.6) is 0 Å². The molecule has 0 unspecified atom stereocenters. The van der Waals surface area contributed by atoms with E-state index in [-0.39, 0.29) is 5.91 Å². The highest BCUT2D eigenvalue weighted by Gasteiger charge is 2.24. The first-order valence-corrected chi connectivity index (χ1v) is 6.14. The lowest BCUT2D eigenvalue weighted by atomic mass is 9.85.